The Labute approximate surface area is 208 Å². The van der Waals surface area contributed by atoms with Crippen molar-refractivity contribution in [1.29, 1.82) is 0 Å². The second-order valence-electron chi connectivity index (χ2n) is 10.7. The molecule has 3 saturated heterocycles. The summed E-state index contributed by atoms with van der Waals surface area (Å²) >= 11 is 0. The number of pyridine rings is 1. The molecule has 1 N–H and O–H groups in total. The average Bonchev–Trinajstić information content (AvgIpc) is 3.58. The lowest BCUT2D eigenvalue weighted by molar-refractivity contribution is 0.00662. The number of benzene rings is 1. The molecule has 7 rings (SSSR count). The van der Waals surface area contributed by atoms with Crippen molar-refractivity contribution in [3.63, 3.8) is 0 Å². The highest BCUT2D eigenvalue weighted by Crippen LogP contribution is 2.43. The van der Waals surface area contributed by atoms with Crippen LogP contribution in [0.15, 0.2) is 30.3 Å². The van der Waals surface area contributed by atoms with Crippen molar-refractivity contribution in [3.05, 3.63) is 47.5 Å². The molecule has 1 saturated carbocycles. The molecule has 0 radical (unpaired) electrons. The third-order valence-corrected chi connectivity index (χ3v) is 8.64. The number of carboxylic acids is 1. The van der Waals surface area contributed by atoms with E-state index in [4.69, 9.17) is 9.84 Å². The molecule has 2 bridgehead atoms. The number of nitrogens with zero attached hydrogens (tertiary/aromatic N) is 5. The summed E-state index contributed by atoms with van der Waals surface area (Å²) in [6, 6.07) is 8.96. The van der Waals surface area contributed by atoms with Gasteiger partial charge in [-0.15, -0.1) is 0 Å². The number of aromatic nitrogens is 3. The Morgan fingerprint density at radius 1 is 1.08 bits per heavy atom. The summed E-state index contributed by atoms with van der Waals surface area (Å²) in [5.41, 5.74) is 3.12. The Morgan fingerprint density at radius 3 is 2.47 bits per heavy atom. The third-order valence-electron chi connectivity index (χ3n) is 8.64. The summed E-state index contributed by atoms with van der Waals surface area (Å²) in [6.45, 7) is 3.62. The van der Waals surface area contributed by atoms with E-state index >= 15 is 0 Å². The molecular weight excluding hydrogens is 461 g/mol. The molecule has 0 spiro atoms. The molecule has 2 unspecified atom stereocenters. The van der Waals surface area contributed by atoms with Gasteiger partial charge in [-0.2, -0.15) is 5.10 Å². The number of piperidine rings is 1. The fourth-order valence-electron chi connectivity index (χ4n) is 6.53. The molecule has 188 valence electrons. The predicted octanol–water partition coefficient (Wildman–Crippen LogP) is 3.97. The Bertz CT molecular complexity index is 1310. The van der Waals surface area contributed by atoms with Crippen LogP contribution in [0.1, 0.15) is 60.6 Å². The van der Waals surface area contributed by atoms with Gasteiger partial charge in [0, 0.05) is 37.6 Å². The predicted molar refractivity (Wildman–Crippen MR) is 132 cm³/mol. The van der Waals surface area contributed by atoms with Crippen molar-refractivity contribution >= 4 is 22.7 Å². The minimum absolute atomic E-state index is 0.0112. The molecule has 2 aromatic heterocycles. The van der Waals surface area contributed by atoms with Crippen LogP contribution < -0.4 is 4.90 Å². The van der Waals surface area contributed by atoms with Gasteiger partial charge in [-0.3, -0.25) is 4.90 Å². The molecule has 1 aliphatic carbocycles. The van der Waals surface area contributed by atoms with Crippen molar-refractivity contribution in [2.75, 3.05) is 31.1 Å². The summed E-state index contributed by atoms with van der Waals surface area (Å²) < 4.78 is 21.1. The third kappa shape index (κ3) is 3.59. The van der Waals surface area contributed by atoms with E-state index in [0.29, 0.717) is 35.4 Å². The fraction of sp³-hybridized carbons (Fsp3) is 0.519. The zero-order valence-corrected chi connectivity index (χ0v) is 20.1. The SMILES string of the molecule is O=C(O)c1cc(N2CCC(N3CC4CC3CO4)CC2)c2c(C3CCC3)nn(-c3ccc(F)cc3)c2n1. The first kappa shape index (κ1) is 22.2. The largest absolute Gasteiger partial charge is 0.477 e. The Kier molecular flexibility index (Phi) is 5.25. The first-order valence-corrected chi connectivity index (χ1v) is 13.1. The molecule has 1 aromatic carbocycles. The van der Waals surface area contributed by atoms with Crippen LogP contribution in [0.4, 0.5) is 10.1 Å². The molecule has 9 heteroatoms. The average molecular weight is 492 g/mol. The van der Waals surface area contributed by atoms with Crippen LogP contribution in [0.5, 0.6) is 0 Å². The van der Waals surface area contributed by atoms with Crippen LogP contribution in [0.2, 0.25) is 0 Å². The topological polar surface area (TPSA) is 83.7 Å². The number of hydrogen-bond donors (Lipinski definition) is 1. The number of halogens is 1. The van der Waals surface area contributed by atoms with Gasteiger partial charge in [-0.05, 0) is 62.4 Å². The minimum atomic E-state index is -1.06. The lowest BCUT2D eigenvalue weighted by atomic mass is 9.82. The summed E-state index contributed by atoms with van der Waals surface area (Å²) in [6.07, 6.45) is 6.93. The molecule has 2 atom stereocenters. The molecule has 4 aliphatic rings. The molecule has 8 nitrogen and oxygen atoms in total. The molecule has 5 heterocycles. The van der Waals surface area contributed by atoms with Crippen LogP contribution in [-0.4, -0.2) is 75.2 Å². The van der Waals surface area contributed by atoms with E-state index in [1.807, 2.05) is 0 Å². The quantitative estimate of drug-likeness (QED) is 0.578. The summed E-state index contributed by atoms with van der Waals surface area (Å²) in [4.78, 5) is 21.6. The summed E-state index contributed by atoms with van der Waals surface area (Å²) in [7, 11) is 0. The zero-order chi connectivity index (χ0) is 24.4. The Balaban J connectivity index is 1.29. The van der Waals surface area contributed by atoms with Crippen molar-refractivity contribution < 1.29 is 19.0 Å². The number of aromatic carboxylic acids is 1. The number of morpholine rings is 1. The zero-order valence-electron chi connectivity index (χ0n) is 20.1. The lowest BCUT2D eigenvalue weighted by Crippen LogP contribution is -2.49. The van der Waals surface area contributed by atoms with E-state index in [9.17, 15) is 14.3 Å². The summed E-state index contributed by atoms with van der Waals surface area (Å²) in [5.74, 6) is -1.05. The van der Waals surface area contributed by atoms with Crippen molar-refractivity contribution in [3.8, 4) is 5.69 Å². The highest BCUT2D eigenvalue weighted by Gasteiger charge is 2.43. The van der Waals surface area contributed by atoms with Crippen LogP contribution in [0, 0.1) is 5.82 Å². The van der Waals surface area contributed by atoms with E-state index in [1.165, 1.54) is 18.6 Å². The van der Waals surface area contributed by atoms with E-state index in [-0.39, 0.29) is 11.5 Å². The second-order valence-corrected chi connectivity index (χ2v) is 10.7. The molecular formula is C27H30FN5O3. The van der Waals surface area contributed by atoms with Crippen LogP contribution in [-0.2, 0) is 4.74 Å². The number of likely N-dealkylation sites (tertiary alicyclic amines) is 1. The number of anilines is 1. The maximum Gasteiger partial charge on any atom is 0.354 e. The molecule has 3 aromatic rings. The smallest absolute Gasteiger partial charge is 0.354 e. The van der Waals surface area contributed by atoms with Gasteiger partial charge < -0.3 is 14.7 Å². The van der Waals surface area contributed by atoms with Crippen LogP contribution in [0.3, 0.4) is 0 Å². The van der Waals surface area contributed by atoms with E-state index in [1.54, 1.807) is 22.9 Å². The van der Waals surface area contributed by atoms with Gasteiger partial charge in [0.15, 0.2) is 11.3 Å². The van der Waals surface area contributed by atoms with Crippen molar-refractivity contribution in [2.45, 2.75) is 62.6 Å². The monoisotopic (exact) mass is 491 g/mol. The first-order chi connectivity index (χ1) is 17.5. The minimum Gasteiger partial charge on any atom is -0.477 e. The van der Waals surface area contributed by atoms with Crippen molar-refractivity contribution in [2.24, 2.45) is 0 Å². The number of ether oxygens (including phenoxy) is 1. The molecule has 4 fully saturated rings. The van der Waals surface area contributed by atoms with Crippen molar-refractivity contribution in [1.82, 2.24) is 19.7 Å². The maximum absolute atomic E-state index is 13.6. The van der Waals surface area contributed by atoms with Gasteiger partial charge >= 0.3 is 5.97 Å². The Hall–Kier alpha value is -3.04. The number of carbonyl (C=O) groups is 1. The number of rotatable bonds is 5. The van der Waals surface area contributed by atoms with Gasteiger partial charge in [-0.1, -0.05) is 6.42 Å². The molecule has 36 heavy (non-hydrogen) atoms. The first-order valence-electron chi connectivity index (χ1n) is 13.1. The van der Waals surface area contributed by atoms with Gasteiger partial charge in [0.25, 0.3) is 0 Å². The number of fused-ring (bicyclic) bond motifs is 3. The highest BCUT2D eigenvalue weighted by molar-refractivity contribution is 5.98. The van der Waals surface area contributed by atoms with E-state index < -0.39 is 5.97 Å². The van der Waals surface area contributed by atoms with E-state index in [2.05, 4.69) is 14.8 Å². The highest BCUT2D eigenvalue weighted by atomic mass is 19.1. The number of hydrogen-bond acceptors (Lipinski definition) is 6. The van der Waals surface area contributed by atoms with Crippen LogP contribution >= 0.6 is 0 Å². The number of carboxylic acid groups (broad SMARTS) is 1. The van der Waals surface area contributed by atoms with E-state index in [0.717, 1.165) is 75.1 Å². The van der Waals surface area contributed by atoms with Crippen LogP contribution in [0.25, 0.3) is 16.7 Å². The maximum atomic E-state index is 13.6. The summed E-state index contributed by atoms with van der Waals surface area (Å²) in [5, 5.41) is 15.8. The van der Waals surface area contributed by atoms with Gasteiger partial charge in [-0.25, -0.2) is 18.9 Å². The van der Waals surface area contributed by atoms with Gasteiger partial charge in [0.2, 0.25) is 0 Å². The molecule has 0 amide bonds. The van der Waals surface area contributed by atoms with Gasteiger partial charge in [0.1, 0.15) is 5.82 Å². The normalized spacial score (nSPS) is 25.1. The molecule has 3 aliphatic heterocycles. The van der Waals surface area contributed by atoms with Gasteiger partial charge in [0.05, 0.1) is 35.2 Å². The Morgan fingerprint density at radius 2 is 1.86 bits per heavy atom. The standard InChI is InChI=1S/C27H30FN5O3/c28-17-4-6-19(7-5-17)33-26-24(25(30-33)16-2-1-3-16)23(13-22(29-26)27(34)35)31-10-8-18(9-11-31)32-14-21-12-20(32)15-36-21/h4-7,13,16,18,20-21H,1-3,8-12,14-15H2,(H,34,35). The second kappa shape index (κ2) is 8.52. The lowest BCUT2D eigenvalue weighted by Gasteiger charge is -2.41. The fourth-order valence-corrected chi connectivity index (χ4v) is 6.53.